The smallest absolute Gasteiger partial charge is 0.123 e. The topological polar surface area (TPSA) is 3.24 Å². The Hall–Kier alpha value is -2.71. The molecule has 0 saturated heterocycles. The van der Waals surface area contributed by atoms with Crippen LogP contribution in [0.5, 0.6) is 0 Å². The first-order valence-corrected chi connectivity index (χ1v) is 9.46. The molecule has 0 aliphatic rings. The SMILES string of the molecule is CN(CC/C=C(\c1ccccc1)c1ccc(F)cc1)CCc1ccccc1. The Morgan fingerprint density at radius 1 is 0.778 bits per heavy atom. The third-order valence-corrected chi connectivity index (χ3v) is 4.72. The lowest BCUT2D eigenvalue weighted by Gasteiger charge is -2.16. The van der Waals surface area contributed by atoms with Crippen LogP contribution in [0.2, 0.25) is 0 Å². The van der Waals surface area contributed by atoms with Gasteiger partial charge in [-0.05, 0) is 54.3 Å². The van der Waals surface area contributed by atoms with Crippen LogP contribution < -0.4 is 0 Å². The van der Waals surface area contributed by atoms with Crippen molar-refractivity contribution in [1.82, 2.24) is 4.90 Å². The zero-order chi connectivity index (χ0) is 18.9. The van der Waals surface area contributed by atoms with Gasteiger partial charge in [0, 0.05) is 13.1 Å². The molecule has 0 heterocycles. The highest BCUT2D eigenvalue weighted by atomic mass is 19.1. The van der Waals surface area contributed by atoms with Crippen LogP contribution >= 0.6 is 0 Å². The molecule has 0 aliphatic carbocycles. The average molecular weight is 359 g/mol. The monoisotopic (exact) mass is 359 g/mol. The molecular weight excluding hydrogens is 333 g/mol. The molecule has 0 aromatic heterocycles. The highest BCUT2D eigenvalue weighted by Crippen LogP contribution is 2.24. The van der Waals surface area contributed by atoms with Crippen molar-refractivity contribution in [2.45, 2.75) is 12.8 Å². The van der Waals surface area contributed by atoms with Gasteiger partial charge < -0.3 is 4.90 Å². The van der Waals surface area contributed by atoms with E-state index in [0.717, 1.165) is 42.6 Å². The molecule has 3 rings (SSSR count). The molecule has 138 valence electrons. The van der Waals surface area contributed by atoms with Gasteiger partial charge in [0.15, 0.2) is 0 Å². The minimum Gasteiger partial charge on any atom is -0.306 e. The van der Waals surface area contributed by atoms with Gasteiger partial charge in [-0.1, -0.05) is 78.9 Å². The summed E-state index contributed by atoms with van der Waals surface area (Å²) in [5.74, 6) is -0.202. The van der Waals surface area contributed by atoms with Gasteiger partial charge in [-0.2, -0.15) is 0 Å². The fraction of sp³-hybridized carbons (Fsp3) is 0.200. The number of benzene rings is 3. The first kappa shape index (κ1) is 19.1. The number of nitrogens with zero attached hydrogens (tertiary/aromatic N) is 1. The van der Waals surface area contributed by atoms with Crippen molar-refractivity contribution in [3.05, 3.63) is 114 Å². The van der Waals surface area contributed by atoms with Crippen molar-refractivity contribution < 1.29 is 4.39 Å². The van der Waals surface area contributed by atoms with E-state index in [2.05, 4.69) is 60.5 Å². The van der Waals surface area contributed by atoms with Gasteiger partial charge in [0.05, 0.1) is 0 Å². The predicted molar refractivity (Wildman–Crippen MR) is 112 cm³/mol. The molecule has 0 aliphatic heterocycles. The molecule has 0 saturated carbocycles. The summed E-state index contributed by atoms with van der Waals surface area (Å²) >= 11 is 0. The molecule has 0 fully saturated rings. The lowest BCUT2D eigenvalue weighted by Crippen LogP contribution is -2.22. The van der Waals surface area contributed by atoms with Gasteiger partial charge in [-0.3, -0.25) is 0 Å². The summed E-state index contributed by atoms with van der Waals surface area (Å²) in [6.07, 6.45) is 4.28. The Bertz CT molecular complexity index is 839. The number of hydrogen-bond acceptors (Lipinski definition) is 1. The van der Waals surface area contributed by atoms with Crippen molar-refractivity contribution in [3.8, 4) is 0 Å². The first-order chi connectivity index (χ1) is 13.2. The highest BCUT2D eigenvalue weighted by molar-refractivity contribution is 5.79. The van der Waals surface area contributed by atoms with Crippen LogP contribution in [0.1, 0.15) is 23.1 Å². The lowest BCUT2D eigenvalue weighted by atomic mass is 9.97. The maximum atomic E-state index is 13.3. The van der Waals surface area contributed by atoms with Crippen LogP contribution in [-0.2, 0) is 6.42 Å². The van der Waals surface area contributed by atoms with Crippen molar-refractivity contribution in [3.63, 3.8) is 0 Å². The van der Waals surface area contributed by atoms with Gasteiger partial charge in [-0.15, -0.1) is 0 Å². The molecule has 0 atom stereocenters. The largest absolute Gasteiger partial charge is 0.306 e. The quantitative estimate of drug-likeness (QED) is 0.490. The summed E-state index contributed by atoms with van der Waals surface area (Å²) in [5, 5.41) is 0. The summed E-state index contributed by atoms with van der Waals surface area (Å²) in [5.41, 5.74) is 4.74. The van der Waals surface area contributed by atoms with E-state index in [9.17, 15) is 4.39 Å². The van der Waals surface area contributed by atoms with E-state index in [1.807, 2.05) is 30.3 Å². The van der Waals surface area contributed by atoms with Crippen LogP contribution in [0, 0.1) is 5.82 Å². The van der Waals surface area contributed by atoms with Crippen LogP contribution in [-0.4, -0.2) is 25.0 Å². The summed E-state index contributed by atoms with van der Waals surface area (Å²) < 4.78 is 13.3. The Balaban J connectivity index is 1.64. The van der Waals surface area contributed by atoms with E-state index < -0.39 is 0 Å². The Labute approximate surface area is 161 Å². The molecule has 0 N–H and O–H groups in total. The second-order valence-electron chi connectivity index (χ2n) is 6.82. The van der Waals surface area contributed by atoms with E-state index in [0.29, 0.717) is 0 Å². The normalized spacial score (nSPS) is 11.7. The number of halogens is 1. The van der Waals surface area contributed by atoms with Crippen molar-refractivity contribution in [1.29, 1.82) is 0 Å². The minimum atomic E-state index is -0.202. The van der Waals surface area contributed by atoms with E-state index in [1.165, 1.54) is 17.7 Å². The highest BCUT2D eigenvalue weighted by Gasteiger charge is 2.06. The van der Waals surface area contributed by atoms with E-state index >= 15 is 0 Å². The second-order valence-corrected chi connectivity index (χ2v) is 6.82. The first-order valence-electron chi connectivity index (χ1n) is 9.46. The Morgan fingerprint density at radius 2 is 1.37 bits per heavy atom. The standard InChI is InChI=1S/C25H26FN/c1-27(20-18-21-9-4-2-5-10-21)19-8-13-25(22-11-6-3-7-12-22)23-14-16-24(26)17-15-23/h2-7,9-17H,8,18-20H2,1H3/b25-13+. The zero-order valence-electron chi connectivity index (χ0n) is 15.8. The second kappa shape index (κ2) is 9.84. The van der Waals surface area contributed by atoms with Crippen LogP contribution in [0.4, 0.5) is 4.39 Å². The molecule has 2 heteroatoms. The van der Waals surface area contributed by atoms with E-state index in [4.69, 9.17) is 0 Å². The van der Waals surface area contributed by atoms with Crippen molar-refractivity contribution in [2.75, 3.05) is 20.1 Å². The van der Waals surface area contributed by atoms with Crippen molar-refractivity contribution >= 4 is 5.57 Å². The molecule has 3 aromatic carbocycles. The molecule has 1 nitrogen and oxygen atoms in total. The fourth-order valence-corrected chi connectivity index (χ4v) is 3.16. The third kappa shape index (κ3) is 5.90. The molecule has 0 unspecified atom stereocenters. The van der Waals surface area contributed by atoms with Gasteiger partial charge >= 0.3 is 0 Å². The summed E-state index contributed by atoms with van der Waals surface area (Å²) in [7, 11) is 2.16. The van der Waals surface area contributed by atoms with Crippen LogP contribution in [0.15, 0.2) is 91.0 Å². The Morgan fingerprint density at radius 3 is 2.04 bits per heavy atom. The molecular formula is C25H26FN. The van der Waals surface area contributed by atoms with Crippen LogP contribution in [0.3, 0.4) is 0 Å². The van der Waals surface area contributed by atoms with Crippen molar-refractivity contribution in [2.24, 2.45) is 0 Å². The number of likely N-dealkylation sites (N-methyl/N-ethyl adjacent to an activating group) is 1. The summed E-state index contributed by atoms with van der Waals surface area (Å²) in [6, 6.07) is 27.7. The maximum Gasteiger partial charge on any atom is 0.123 e. The number of rotatable bonds is 8. The lowest BCUT2D eigenvalue weighted by molar-refractivity contribution is 0.345. The van der Waals surface area contributed by atoms with Crippen LogP contribution in [0.25, 0.3) is 5.57 Å². The van der Waals surface area contributed by atoms with E-state index in [1.54, 1.807) is 0 Å². The zero-order valence-corrected chi connectivity index (χ0v) is 15.8. The molecule has 27 heavy (non-hydrogen) atoms. The fourth-order valence-electron chi connectivity index (χ4n) is 3.16. The minimum absolute atomic E-state index is 0.202. The van der Waals surface area contributed by atoms with Gasteiger partial charge in [0.2, 0.25) is 0 Å². The molecule has 0 spiro atoms. The predicted octanol–water partition coefficient (Wildman–Crippen LogP) is 5.82. The van der Waals surface area contributed by atoms with Gasteiger partial charge in [0.25, 0.3) is 0 Å². The summed E-state index contributed by atoms with van der Waals surface area (Å²) in [4.78, 5) is 2.36. The Kier molecular flexibility index (Phi) is 6.95. The molecule has 0 amide bonds. The third-order valence-electron chi connectivity index (χ3n) is 4.72. The molecule has 0 radical (unpaired) electrons. The summed E-state index contributed by atoms with van der Waals surface area (Å²) in [6.45, 7) is 2.03. The average Bonchev–Trinajstić information content (AvgIpc) is 2.72. The van der Waals surface area contributed by atoms with Gasteiger partial charge in [-0.25, -0.2) is 4.39 Å². The molecule has 0 bridgehead atoms. The van der Waals surface area contributed by atoms with E-state index in [-0.39, 0.29) is 5.82 Å². The maximum absolute atomic E-state index is 13.3. The van der Waals surface area contributed by atoms with Gasteiger partial charge in [0.1, 0.15) is 5.82 Å². The molecule has 3 aromatic rings. The number of hydrogen-bond donors (Lipinski definition) is 0.